The predicted molar refractivity (Wildman–Crippen MR) is 95.3 cm³/mol. The van der Waals surface area contributed by atoms with E-state index in [2.05, 4.69) is 28.5 Å². The highest BCUT2D eigenvalue weighted by atomic mass is 16.5. The lowest BCUT2D eigenvalue weighted by Gasteiger charge is -2.42. The van der Waals surface area contributed by atoms with Crippen LogP contribution < -0.4 is 0 Å². The number of carbonyl (C=O) groups excluding carboxylic acids is 1. The highest BCUT2D eigenvalue weighted by Crippen LogP contribution is 2.34. The maximum atomic E-state index is 13.3. The van der Waals surface area contributed by atoms with Crippen LogP contribution in [0.15, 0.2) is 48.3 Å². The first-order valence-corrected chi connectivity index (χ1v) is 9.05. The molecule has 0 N–H and O–H groups in total. The van der Waals surface area contributed by atoms with Gasteiger partial charge in [-0.1, -0.05) is 42.0 Å². The number of carbonyl (C=O) groups is 1. The molecule has 7 nitrogen and oxygen atoms in total. The van der Waals surface area contributed by atoms with Gasteiger partial charge in [0.05, 0.1) is 12.2 Å². The van der Waals surface area contributed by atoms with Gasteiger partial charge in [-0.2, -0.15) is 0 Å². The number of ether oxygens (including phenoxy) is 1. The minimum absolute atomic E-state index is 0.0230. The number of rotatable bonds is 3. The summed E-state index contributed by atoms with van der Waals surface area (Å²) in [6, 6.07) is 9.12. The molecule has 2 aromatic rings. The lowest BCUT2D eigenvalue weighted by atomic mass is 9.86. The van der Waals surface area contributed by atoms with Crippen molar-refractivity contribution in [2.75, 3.05) is 19.7 Å². The second-order valence-corrected chi connectivity index (χ2v) is 7.08. The zero-order valence-electron chi connectivity index (χ0n) is 14.9. The average Bonchev–Trinajstić information content (AvgIpc) is 3.17. The summed E-state index contributed by atoms with van der Waals surface area (Å²) in [6.45, 7) is 4.28. The molecule has 0 radical (unpaired) electrons. The van der Waals surface area contributed by atoms with Crippen LogP contribution in [-0.2, 0) is 9.53 Å². The van der Waals surface area contributed by atoms with Crippen LogP contribution in [0.3, 0.4) is 0 Å². The summed E-state index contributed by atoms with van der Waals surface area (Å²) in [4.78, 5) is 15.2. The van der Waals surface area contributed by atoms with E-state index in [1.807, 2.05) is 35.2 Å². The molecule has 3 heterocycles. The van der Waals surface area contributed by atoms with Crippen LogP contribution in [0.5, 0.6) is 0 Å². The van der Waals surface area contributed by atoms with Gasteiger partial charge < -0.3 is 9.64 Å². The monoisotopic (exact) mass is 353 g/mol. The molecule has 0 aliphatic carbocycles. The molecule has 1 unspecified atom stereocenters. The van der Waals surface area contributed by atoms with Crippen molar-refractivity contribution < 1.29 is 9.53 Å². The van der Waals surface area contributed by atoms with Crippen LogP contribution in [0.2, 0.25) is 0 Å². The smallest absolute Gasteiger partial charge is 0.252 e. The van der Waals surface area contributed by atoms with E-state index in [0.29, 0.717) is 13.1 Å². The van der Waals surface area contributed by atoms with E-state index in [-0.39, 0.29) is 11.5 Å². The van der Waals surface area contributed by atoms with Crippen LogP contribution >= 0.6 is 0 Å². The Morgan fingerprint density at radius 3 is 2.65 bits per heavy atom. The standard InChI is InChI=1S/C19H23N5O2/c1-15-7-12-26-19(13-15)8-10-23(11-9-19)18(25)17(24-14-20-21-22-24)16-5-3-2-4-6-16/h2-6,13-14,17H,7-12H2,1H3. The van der Waals surface area contributed by atoms with Gasteiger partial charge in [-0.15, -0.1) is 5.10 Å². The van der Waals surface area contributed by atoms with Crippen molar-refractivity contribution in [2.45, 2.75) is 37.8 Å². The largest absolute Gasteiger partial charge is 0.370 e. The number of nitrogens with zero attached hydrogens (tertiary/aromatic N) is 5. The van der Waals surface area contributed by atoms with Crippen molar-refractivity contribution >= 4 is 5.91 Å². The second-order valence-electron chi connectivity index (χ2n) is 7.08. The van der Waals surface area contributed by atoms with Crippen LogP contribution in [0.1, 0.15) is 37.8 Å². The Balaban J connectivity index is 1.54. The molecule has 2 aliphatic heterocycles. The molecule has 1 spiro atoms. The zero-order chi connectivity index (χ0) is 18.0. The lowest BCUT2D eigenvalue weighted by molar-refractivity contribution is -0.138. The summed E-state index contributed by atoms with van der Waals surface area (Å²) >= 11 is 0. The molecule has 4 rings (SSSR count). The molecule has 0 saturated carbocycles. The minimum Gasteiger partial charge on any atom is -0.370 e. The fourth-order valence-corrected chi connectivity index (χ4v) is 3.88. The third kappa shape index (κ3) is 3.26. The normalized spacial score (nSPS) is 20.7. The molecule has 0 bridgehead atoms. The van der Waals surface area contributed by atoms with Crippen molar-refractivity contribution in [2.24, 2.45) is 0 Å². The molecular weight excluding hydrogens is 330 g/mol. The molecule has 136 valence electrons. The fourth-order valence-electron chi connectivity index (χ4n) is 3.88. The van der Waals surface area contributed by atoms with Gasteiger partial charge in [0, 0.05) is 13.1 Å². The third-order valence-corrected chi connectivity index (χ3v) is 5.30. The molecule has 1 aromatic heterocycles. The van der Waals surface area contributed by atoms with Gasteiger partial charge in [0.25, 0.3) is 5.91 Å². The van der Waals surface area contributed by atoms with E-state index in [9.17, 15) is 4.79 Å². The van der Waals surface area contributed by atoms with E-state index < -0.39 is 6.04 Å². The van der Waals surface area contributed by atoms with Gasteiger partial charge >= 0.3 is 0 Å². The topological polar surface area (TPSA) is 73.1 Å². The van der Waals surface area contributed by atoms with E-state index in [1.54, 1.807) is 0 Å². The molecule has 1 atom stereocenters. The summed E-state index contributed by atoms with van der Waals surface area (Å²) in [5.41, 5.74) is 2.07. The van der Waals surface area contributed by atoms with Crippen molar-refractivity contribution in [3.8, 4) is 0 Å². The van der Waals surface area contributed by atoms with Crippen LogP contribution in [-0.4, -0.2) is 56.3 Å². The van der Waals surface area contributed by atoms with Crippen LogP contribution in [0.25, 0.3) is 0 Å². The molecule has 26 heavy (non-hydrogen) atoms. The van der Waals surface area contributed by atoms with Gasteiger partial charge in [-0.25, -0.2) is 4.68 Å². The lowest BCUT2D eigenvalue weighted by Crippen LogP contribution is -2.50. The van der Waals surface area contributed by atoms with Gasteiger partial charge in [-0.05, 0) is 42.2 Å². The number of hydrogen-bond acceptors (Lipinski definition) is 5. The van der Waals surface area contributed by atoms with Crippen molar-refractivity contribution in [1.29, 1.82) is 0 Å². The summed E-state index contributed by atoms with van der Waals surface area (Å²) in [5.74, 6) is 0.0230. The first kappa shape index (κ1) is 16.9. The summed E-state index contributed by atoms with van der Waals surface area (Å²) in [6.07, 6.45) is 6.41. The summed E-state index contributed by atoms with van der Waals surface area (Å²) < 4.78 is 7.60. The van der Waals surface area contributed by atoms with E-state index in [4.69, 9.17) is 4.74 Å². The minimum atomic E-state index is -0.537. The highest BCUT2D eigenvalue weighted by Gasteiger charge is 2.38. The number of aromatic nitrogens is 4. The number of hydrogen-bond donors (Lipinski definition) is 0. The highest BCUT2D eigenvalue weighted by molar-refractivity contribution is 5.83. The Hall–Kier alpha value is -2.54. The van der Waals surface area contributed by atoms with Crippen molar-refractivity contribution in [3.05, 3.63) is 53.9 Å². The Morgan fingerprint density at radius 2 is 2.00 bits per heavy atom. The molecule has 1 saturated heterocycles. The SMILES string of the molecule is CC1=CC2(CCN(C(=O)C(c3ccccc3)n3cnnn3)CC2)OCC1. The third-order valence-electron chi connectivity index (χ3n) is 5.30. The van der Waals surface area contributed by atoms with Crippen LogP contribution in [0, 0.1) is 0 Å². The van der Waals surface area contributed by atoms with E-state index in [1.165, 1.54) is 16.6 Å². The molecule has 1 fully saturated rings. The molecule has 7 heteroatoms. The maximum absolute atomic E-state index is 13.3. The Labute approximate surface area is 152 Å². The van der Waals surface area contributed by atoms with Crippen molar-refractivity contribution in [1.82, 2.24) is 25.1 Å². The quantitative estimate of drug-likeness (QED) is 0.789. The van der Waals surface area contributed by atoms with Crippen LogP contribution in [0.4, 0.5) is 0 Å². The number of amides is 1. The van der Waals surface area contributed by atoms with Gasteiger partial charge in [0.2, 0.25) is 0 Å². The van der Waals surface area contributed by atoms with Gasteiger partial charge in [0.1, 0.15) is 6.33 Å². The number of likely N-dealkylation sites (tertiary alicyclic amines) is 1. The average molecular weight is 353 g/mol. The van der Waals surface area contributed by atoms with E-state index >= 15 is 0 Å². The second kappa shape index (κ2) is 6.99. The maximum Gasteiger partial charge on any atom is 0.252 e. The number of tetrazole rings is 1. The fraction of sp³-hybridized carbons (Fsp3) is 0.474. The molecule has 2 aliphatic rings. The van der Waals surface area contributed by atoms with E-state index in [0.717, 1.165) is 31.4 Å². The predicted octanol–water partition coefficient (Wildman–Crippen LogP) is 1.99. The molecule has 1 amide bonds. The van der Waals surface area contributed by atoms with Crippen molar-refractivity contribution in [3.63, 3.8) is 0 Å². The summed E-state index contributed by atoms with van der Waals surface area (Å²) in [7, 11) is 0. The van der Waals surface area contributed by atoms with Gasteiger partial charge in [-0.3, -0.25) is 4.79 Å². The Kier molecular flexibility index (Phi) is 4.55. The number of piperidine rings is 1. The number of benzene rings is 1. The first-order chi connectivity index (χ1) is 12.7. The summed E-state index contributed by atoms with van der Waals surface area (Å²) in [5, 5.41) is 11.4. The molecule has 1 aromatic carbocycles. The Bertz CT molecular complexity index is 780. The van der Waals surface area contributed by atoms with Gasteiger partial charge in [0.15, 0.2) is 6.04 Å². The molecular formula is C19H23N5O2. The Morgan fingerprint density at radius 1 is 1.23 bits per heavy atom. The zero-order valence-corrected chi connectivity index (χ0v) is 14.9. The first-order valence-electron chi connectivity index (χ1n) is 9.05.